The van der Waals surface area contributed by atoms with Crippen molar-refractivity contribution in [3.05, 3.63) is 63.2 Å². The summed E-state index contributed by atoms with van der Waals surface area (Å²) in [6.45, 7) is 3.42. The Morgan fingerprint density at radius 3 is 2.57 bits per heavy atom. The molecular formula is C17H19IN2O. The average molecular weight is 394 g/mol. The maximum Gasteiger partial charge on any atom is 0.252 e. The number of aryl methyl sites for hydroxylation is 1. The van der Waals surface area contributed by atoms with E-state index in [9.17, 15) is 4.79 Å². The van der Waals surface area contributed by atoms with Crippen LogP contribution in [-0.4, -0.2) is 26.0 Å². The van der Waals surface area contributed by atoms with E-state index in [0.29, 0.717) is 6.54 Å². The van der Waals surface area contributed by atoms with Crippen LogP contribution in [0.2, 0.25) is 0 Å². The van der Waals surface area contributed by atoms with Crippen LogP contribution in [0, 0.1) is 10.5 Å². The maximum absolute atomic E-state index is 12.2. The van der Waals surface area contributed by atoms with Gasteiger partial charge in [0.05, 0.1) is 5.56 Å². The predicted molar refractivity (Wildman–Crippen MR) is 95.9 cm³/mol. The number of nitrogens with one attached hydrogen (secondary N) is 1. The van der Waals surface area contributed by atoms with Gasteiger partial charge in [0.2, 0.25) is 0 Å². The Hall–Kier alpha value is -1.56. The van der Waals surface area contributed by atoms with Crippen molar-refractivity contribution in [3.63, 3.8) is 0 Å². The number of para-hydroxylation sites is 1. The first-order chi connectivity index (χ1) is 10.1. The number of amides is 1. The Morgan fingerprint density at radius 1 is 1.19 bits per heavy atom. The van der Waals surface area contributed by atoms with E-state index in [2.05, 4.69) is 44.9 Å². The van der Waals surface area contributed by atoms with Crippen molar-refractivity contribution in [1.82, 2.24) is 5.32 Å². The Morgan fingerprint density at radius 2 is 1.90 bits per heavy atom. The summed E-state index contributed by atoms with van der Waals surface area (Å²) in [7, 11) is 2.02. The normalized spacial score (nSPS) is 10.2. The third kappa shape index (κ3) is 4.46. The summed E-state index contributed by atoms with van der Waals surface area (Å²) in [5.74, 6) is -0.0131. The van der Waals surface area contributed by atoms with Crippen LogP contribution in [0.4, 0.5) is 5.69 Å². The highest BCUT2D eigenvalue weighted by atomic mass is 127. The van der Waals surface area contributed by atoms with Crippen molar-refractivity contribution in [2.24, 2.45) is 0 Å². The van der Waals surface area contributed by atoms with Gasteiger partial charge in [0.25, 0.3) is 5.91 Å². The van der Waals surface area contributed by atoms with Gasteiger partial charge in [-0.3, -0.25) is 4.79 Å². The molecule has 0 bridgehead atoms. The quantitative estimate of drug-likeness (QED) is 0.788. The Bertz CT molecular complexity index is 613. The van der Waals surface area contributed by atoms with E-state index in [1.807, 2.05) is 50.4 Å². The highest BCUT2D eigenvalue weighted by molar-refractivity contribution is 14.1. The number of carbonyl (C=O) groups excluding carboxylic acids is 1. The van der Waals surface area contributed by atoms with Crippen molar-refractivity contribution < 1.29 is 4.79 Å². The molecule has 0 aliphatic rings. The van der Waals surface area contributed by atoms with Crippen LogP contribution in [0.3, 0.4) is 0 Å². The maximum atomic E-state index is 12.2. The van der Waals surface area contributed by atoms with Crippen LogP contribution < -0.4 is 10.2 Å². The van der Waals surface area contributed by atoms with Gasteiger partial charge < -0.3 is 10.2 Å². The molecular weight excluding hydrogens is 375 g/mol. The van der Waals surface area contributed by atoms with E-state index in [1.54, 1.807) is 0 Å². The highest BCUT2D eigenvalue weighted by Gasteiger charge is 2.09. The standard InChI is InChI=1S/C17H19IN2O/c1-13-8-9-15(16(18)12-13)17(21)19-10-11-20(2)14-6-4-3-5-7-14/h3-9,12H,10-11H2,1-2H3,(H,19,21). The lowest BCUT2D eigenvalue weighted by molar-refractivity contribution is 0.0954. The van der Waals surface area contributed by atoms with E-state index < -0.39 is 0 Å². The van der Waals surface area contributed by atoms with E-state index in [0.717, 1.165) is 21.4 Å². The average Bonchev–Trinajstić information content (AvgIpc) is 2.47. The second-order valence-corrected chi connectivity index (χ2v) is 6.16. The van der Waals surface area contributed by atoms with Crippen LogP contribution >= 0.6 is 22.6 Å². The zero-order valence-corrected chi connectivity index (χ0v) is 14.4. The molecule has 0 aliphatic heterocycles. The summed E-state index contributed by atoms with van der Waals surface area (Å²) in [6.07, 6.45) is 0. The summed E-state index contributed by atoms with van der Waals surface area (Å²) < 4.78 is 0.988. The van der Waals surface area contributed by atoms with Gasteiger partial charge in [0.15, 0.2) is 0 Å². The first-order valence-corrected chi connectivity index (χ1v) is 7.96. The molecule has 0 heterocycles. The molecule has 0 spiro atoms. The van der Waals surface area contributed by atoms with E-state index >= 15 is 0 Å². The van der Waals surface area contributed by atoms with Crippen LogP contribution in [0.25, 0.3) is 0 Å². The molecule has 0 aliphatic carbocycles. The number of benzene rings is 2. The van der Waals surface area contributed by atoms with Crippen molar-refractivity contribution in [3.8, 4) is 0 Å². The first kappa shape index (κ1) is 15.8. The van der Waals surface area contributed by atoms with E-state index in [-0.39, 0.29) is 5.91 Å². The first-order valence-electron chi connectivity index (χ1n) is 6.88. The van der Waals surface area contributed by atoms with Gasteiger partial charge in [0, 0.05) is 29.4 Å². The number of anilines is 1. The predicted octanol–water partition coefficient (Wildman–Crippen LogP) is 3.47. The molecule has 2 aromatic carbocycles. The lowest BCUT2D eigenvalue weighted by Crippen LogP contribution is -2.33. The lowest BCUT2D eigenvalue weighted by Gasteiger charge is -2.19. The Balaban J connectivity index is 1.87. The Kier molecular flexibility index (Phi) is 5.61. The fourth-order valence-corrected chi connectivity index (χ4v) is 2.96. The Labute approximate surface area is 139 Å². The molecule has 110 valence electrons. The molecule has 1 N–H and O–H groups in total. The van der Waals surface area contributed by atoms with Crippen molar-refractivity contribution in [2.45, 2.75) is 6.92 Å². The smallest absolute Gasteiger partial charge is 0.252 e. The van der Waals surface area contributed by atoms with Gasteiger partial charge in [-0.25, -0.2) is 0 Å². The summed E-state index contributed by atoms with van der Waals surface area (Å²) >= 11 is 2.20. The molecule has 1 amide bonds. The minimum atomic E-state index is -0.0131. The second-order valence-electron chi connectivity index (χ2n) is 5.00. The van der Waals surface area contributed by atoms with Crippen molar-refractivity contribution >= 4 is 34.2 Å². The van der Waals surface area contributed by atoms with Gasteiger partial charge >= 0.3 is 0 Å². The number of carbonyl (C=O) groups is 1. The summed E-state index contributed by atoms with van der Waals surface area (Å²) in [5, 5.41) is 2.97. The monoisotopic (exact) mass is 394 g/mol. The number of hydrogen-bond acceptors (Lipinski definition) is 2. The van der Waals surface area contributed by atoms with Crippen LogP contribution in [-0.2, 0) is 0 Å². The zero-order chi connectivity index (χ0) is 15.2. The SMILES string of the molecule is Cc1ccc(C(=O)NCCN(C)c2ccccc2)c(I)c1. The minimum absolute atomic E-state index is 0.0131. The third-order valence-corrected chi connectivity index (χ3v) is 4.19. The van der Waals surface area contributed by atoms with Gasteiger partial charge in [-0.15, -0.1) is 0 Å². The highest BCUT2D eigenvalue weighted by Crippen LogP contribution is 2.14. The number of halogens is 1. The van der Waals surface area contributed by atoms with Crippen LogP contribution in [0.1, 0.15) is 15.9 Å². The molecule has 0 saturated carbocycles. The van der Waals surface area contributed by atoms with Gasteiger partial charge in [0.1, 0.15) is 0 Å². The number of rotatable bonds is 5. The summed E-state index contributed by atoms with van der Waals surface area (Å²) in [6, 6.07) is 16.0. The molecule has 2 rings (SSSR count). The second kappa shape index (κ2) is 7.45. The van der Waals surface area contributed by atoms with E-state index in [1.165, 1.54) is 5.56 Å². The molecule has 0 radical (unpaired) electrons. The van der Waals surface area contributed by atoms with Crippen molar-refractivity contribution in [2.75, 3.05) is 25.0 Å². The minimum Gasteiger partial charge on any atom is -0.373 e. The topological polar surface area (TPSA) is 32.3 Å². The number of likely N-dealkylation sites (N-methyl/N-ethyl adjacent to an activating group) is 1. The molecule has 0 fully saturated rings. The largest absolute Gasteiger partial charge is 0.373 e. The molecule has 4 heteroatoms. The molecule has 0 atom stereocenters. The van der Waals surface area contributed by atoms with Crippen LogP contribution in [0.15, 0.2) is 48.5 Å². The zero-order valence-electron chi connectivity index (χ0n) is 12.3. The number of nitrogens with zero attached hydrogens (tertiary/aromatic N) is 1. The molecule has 0 aromatic heterocycles. The molecule has 21 heavy (non-hydrogen) atoms. The van der Waals surface area contributed by atoms with Gasteiger partial charge in [-0.1, -0.05) is 29.8 Å². The summed E-state index contributed by atoms with van der Waals surface area (Å²) in [4.78, 5) is 14.3. The molecule has 0 saturated heterocycles. The van der Waals surface area contributed by atoms with Gasteiger partial charge in [-0.2, -0.15) is 0 Å². The van der Waals surface area contributed by atoms with Crippen molar-refractivity contribution in [1.29, 1.82) is 0 Å². The molecule has 2 aromatic rings. The van der Waals surface area contributed by atoms with Gasteiger partial charge in [-0.05, 0) is 53.8 Å². The lowest BCUT2D eigenvalue weighted by atomic mass is 10.1. The third-order valence-electron chi connectivity index (χ3n) is 3.30. The summed E-state index contributed by atoms with van der Waals surface area (Å²) in [5.41, 5.74) is 3.06. The fraction of sp³-hybridized carbons (Fsp3) is 0.235. The van der Waals surface area contributed by atoms with Crippen LogP contribution in [0.5, 0.6) is 0 Å². The molecule has 3 nitrogen and oxygen atoms in total. The number of hydrogen-bond donors (Lipinski definition) is 1. The molecule has 0 unspecified atom stereocenters. The van der Waals surface area contributed by atoms with E-state index in [4.69, 9.17) is 0 Å². The fourth-order valence-electron chi connectivity index (χ4n) is 2.05.